The third kappa shape index (κ3) is 3.83. The molecule has 142 valence electrons. The number of non-ortho nitro benzene ring substituents is 1. The van der Waals surface area contributed by atoms with Crippen LogP contribution in [0.5, 0.6) is 0 Å². The van der Waals surface area contributed by atoms with Gasteiger partial charge < -0.3 is 4.74 Å². The van der Waals surface area contributed by atoms with Crippen LogP contribution in [0.15, 0.2) is 29.2 Å². The molecular formula is C15H19N3O7S. The van der Waals surface area contributed by atoms with Gasteiger partial charge in [0.25, 0.3) is 21.6 Å². The molecule has 1 aromatic rings. The molecule has 0 aliphatic carbocycles. The number of rotatable bonds is 3. The predicted molar refractivity (Wildman–Crippen MR) is 89.2 cm³/mol. The van der Waals surface area contributed by atoms with Crippen molar-refractivity contribution in [2.24, 2.45) is 5.92 Å². The molecule has 0 radical (unpaired) electrons. The van der Waals surface area contributed by atoms with Gasteiger partial charge in [-0.1, -0.05) is 11.3 Å². The summed E-state index contributed by atoms with van der Waals surface area (Å²) in [7, 11) is -4.28. The highest BCUT2D eigenvalue weighted by Gasteiger charge is 2.48. The van der Waals surface area contributed by atoms with Crippen molar-refractivity contribution in [1.29, 1.82) is 0 Å². The van der Waals surface area contributed by atoms with Crippen molar-refractivity contribution in [3.05, 3.63) is 34.4 Å². The van der Waals surface area contributed by atoms with Gasteiger partial charge in [-0.05, 0) is 32.9 Å². The van der Waals surface area contributed by atoms with Crippen LogP contribution in [0.1, 0.15) is 27.7 Å². The number of nitrogens with zero attached hydrogens (tertiary/aromatic N) is 3. The quantitative estimate of drug-likeness (QED) is 0.574. The monoisotopic (exact) mass is 385 g/mol. The number of carbonyl (C=O) groups excluding carboxylic acids is 2. The molecule has 2 rings (SSSR count). The molecule has 0 aromatic heterocycles. The lowest BCUT2D eigenvalue weighted by Gasteiger charge is -2.28. The number of hydrogen-bond donors (Lipinski definition) is 0. The number of benzene rings is 1. The van der Waals surface area contributed by atoms with Gasteiger partial charge in [0, 0.05) is 18.7 Å². The van der Waals surface area contributed by atoms with Gasteiger partial charge in [0.05, 0.1) is 15.7 Å². The number of imide groups is 1. The van der Waals surface area contributed by atoms with Crippen LogP contribution < -0.4 is 0 Å². The number of ether oxygens (including phenoxy) is 1. The molecule has 1 heterocycles. The average molecular weight is 385 g/mol. The Morgan fingerprint density at radius 3 is 2.27 bits per heavy atom. The van der Waals surface area contributed by atoms with Crippen LogP contribution >= 0.6 is 0 Å². The van der Waals surface area contributed by atoms with Crippen LogP contribution in [0.2, 0.25) is 0 Å². The number of hydrogen-bond acceptors (Lipinski definition) is 7. The maximum atomic E-state index is 12.8. The largest absolute Gasteiger partial charge is 0.442 e. The molecule has 1 aromatic carbocycles. The second-order valence-electron chi connectivity index (χ2n) is 6.79. The standard InChI is InChI=1S/C15H19N3O7S/c1-10-9-16(17(13(10)19)14(20)25-15(2,3)4)26(23,24)12-7-5-11(6-8-12)18(21)22/h5-8,10H,9H2,1-4H3. The first-order valence-electron chi connectivity index (χ1n) is 7.68. The summed E-state index contributed by atoms with van der Waals surface area (Å²) in [6.45, 7) is 6.01. The van der Waals surface area contributed by atoms with Crippen molar-refractivity contribution in [3.63, 3.8) is 0 Å². The molecule has 0 spiro atoms. The van der Waals surface area contributed by atoms with Crippen molar-refractivity contribution in [1.82, 2.24) is 9.42 Å². The molecule has 0 bridgehead atoms. The highest BCUT2D eigenvalue weighted by atomic mass is 32.2. The molecule has 1 aliphatic heterocycles. The van der Waals surface area contributed by atoms with Crippen molar-refractivity contribution in [3.8, 4) is 0 Å². The summed E-state index contributed by atoms with van der Waals surface area (Å²) in [5.41, 5.74) is -1.20. The van der Waals surface area contributed by atoms with E-state index in [1.165, 1.54) is 6.92 Å². The highest BCUT2D eigenvalue weighted by molar-refractivity contribution is 7.89. The summed E-state index contributed by atoms with van der Waals surface area (Å²) in [4.78, 5) is 34.4. The molecule has 1 aliphatic rings. The molecule has 1 saturated heterocycles. The van der Waals surface area contributed by atoms with Gasteiger partial charge in [0.2, 0.25) is 0 Å². The molecule has 1 atom stereocenters. The predicted octanol–water partition coefficient (Wildman–Crippen LogP) is 1.91. The molecule has 2 amide bonds. The van der Waals surface area contributed by atoms with E-state index in [1.807, 2.05) is 0 Å². The van der Waals surface area contributed by atoms with E-state index >= 15 is 0 Å². The summed E-state index contributed by atoms with van der Waals surface area (Å²) in [6, 6.07) is 4.17. The number of nitro groups is 1. The van der Waals surface area contributed by atoms with E-state index in [0.29, 0.717) is 9.42 Å². The fraction of sp³-hybridized carbons (Fsp3) is 0.467. The fourth-order valence-electron chi connectivity index (χ4n) is 2.27. The van der Waals surface area contributed by atoms with Crippen molar-refractivity contribution >= 4 is 27.7 Å². The molecule has 1 fully saturated rings. The summed E-state index contributed by atoms with van der Waals surface area (Å²) in [5, 5.41) is 11.2. The van der Waals surface area contributed by atoms with E-state index in [1.54, 1.807) is 20.8 Å². The summed E-state index contributed by atoms with van der Waals surface area (Å²) >= 11 is 0. The van der Waals surface area contributed by atoms with Gasteiger partial charge in [0.1, 0.15) is 5.60 Å². The molecule has 11 heteroatoms. The summed E-state index contributed by atoms with van der Waals surface area (Å²) in [5.74, 6) is -1.44. The van der Waals surface area contributed by atoms with Crippen LogP contribution in [0.4, 0.5) is 10.5 Å². The van der Waals surface area contributed by atoms with Gasteiger partial charge in [-0.3, -0.25) is 14.9 Å². The summed E-state index contributed by atoms with van der Waals surface area (Å²) < 4.78 is 31.4. The second-order valence-corrected chi connectivity index (χ2v) is 8.64. The van der Waals surface area contributed by atoms with Gasteiger partial charge in [-0.15, -0.1) is 0 Å². The van der Waals surface area contributed by atoms with E-state index in [-0.39, 0.29) is 17.1 Å². The summed E-state index contributed by atoms with van der Waals surface area (Å²) in [6.07, 6.45) is -1.10. The minimum Gasteiger partial charge on any atom is -0.442 e. The Kier molecular flexibility index (Phi) is 5.06. The van der Waals surface area contributed by atoms with Crippen LogP contribution in [-0.4, -0.2) is 46.9 Å². The Hall–Kier alpha value is -2.53. The van der Waals surface area contributed by atoms with Crippen molar-refractivity contribution in [2.75, 3.05) is 6.54 Å². The van der Waals surface area contributed by atoms with E-state index in [4.69, 9.17) is 4.74 Å². The maximum absolute atomic E-state index is 12.8. The van der Waals surface area contributed by atoms with Gasteiger partial charge in [0.15, 0.2) is 0 Å². The Bertz CT molecular complexity index is 843. The Morgan fingerprint density at radius 1 is 1.27 bits per heavy atom. The molecular weight excluding hydrogens is 366 g/mol. The average Bonchev–Trinajstić information content (AvgIpc) is 2.82. The Labute approximate surface area is 150 Å². The van der Waals surface area contributed by atoms with E-state index < -0.39 is 38.5 Å². The van der Waals surface area contributed by atoms with Crippen LogP contribution in [0, 0.1) is 16.0 Å². The second kappa shape index (κ2) is 6.65. The molecule has 0 N–H and O–H groups in total. The van der Waals surface area contributed by atoms with Gasteiger partial charge in [-0.25, -0.2) is 13.2 Å². The SMILES string of the molecule is CC1CN(S(=O)(=O)c2ccc([N+](=O)[O-])cc2)N(C(=O)OC(C)(C)C)C1=O. The first-order valence-corrected chi connectivity index (χ1v) is 9.12. The van der Waals surface area contributed by atoms with Crippen molar-refractivity contribution in [2.45, 2.75) is 38.2 Å². The topological polar surface area (TPSA) is 127 Å². The lowest BCUT2D eigenvalue weighted by Crippen LogP contribution is -2.48. The molecule has 0 saturated carbocycles. The third-order valence-electron chi connectivity index (χ3n) is 3.47. The first kappa shape index (κ1) is 19.8. The highest BCUT2D eigenvalue weighted by Crippen LogP contribution is 2.28. The van der Waals surface area contributed by atoms with Crippen LogP contribution in [0.25, 0.3) is 0 Å². The van der Waals surface area contributed by atoms with E-state index in [2.05, 4.69) is 0 Å². The molecule has 1 unspecified atom stereocenters. The van der Waals surface area contributed by atoms with E-state index in [9.17, 15) is 28.1 Å². The lowest BCUT2D eigenvalue weighted by molar-refractivity contribution is -0.384. The van der Waals surface area contributed by atoms with Crippen molar-refractivity contribution < 1.29 is 27.7 Å². The van der Waals surface area contributed by atoms with Gasteiger partial charge in [-0.2, -0.15) is 5.01 Å². The first-order chi connectivity index (χ1) is 11.8. The lowest BCUT2D eigenvalue weighted by atomic mass is 10.2. The zero-order valence-electron chi connectivity index (χ0n) is 14.7. The fourth-order valence-corrected chi connectivity index (χ4v) is 3.77. The molecule has 26 heavy (non-hydrogen) atoms. The minimum atomic E-state index is -4.28. The zero-order chi connectivity index (χ0) is 19.9. The minimum absolute atomic E-state index is 0.239. The molecule has 10 nitrogen and oxygen atoms in total. The zero-order valence-corrected chi connectivity index (χ0v) is 15.5. The number of hydrazine groups is 1. The van der Waals surface area contributed by atoms with E-state index in [0.717, 1.165) is 24.3 Å². The normalized spacial score (nSPS) is 18.8. The van der Waals surface area contributed by atoms with Crippen LogP contribution in [-0.2, 0) is 19.6 Å². The van der Waals surface area contributed by atoms with Crippen LogP contribution in [0.3, 0.4) is 0 Å². The number of sulfonamides is 1. The Balaban J connectivity index is 2.40. The maximum Gasteiger partial charge on any atom is 0.433 e. The smallest absolute Gasteiger partial charge is 0.433 e. The number of amides is 2. The Morgan fingerprint density at radius 2 is 1.81 bits per heavy atom. The number of nitro benzene ring substituents is 1. The number of carbonyl (C=O) groups is 2. The third-order valence-corrected chi connectivity index (χ3v) is 5.21. The van der Waals surface area contributed by atoms with Gasteiger partial charge >= 0.3 is 6.09 Å².